The Morgan fingerprint density at radius 3 is 2.65 bits per heavy atom. The van der Waals surface area contributed by atoms with Crippen molar-refractivity contribution in [3.05, 3.63) is 33.8 Å². The van der Waals surface area contributed by atoms with Crippen LogP contribution in [0.5, 0.6) is 0 Å². The second-order valence-corrected chi connectivity index (χ2v) is 6.62. The molecule has 2 rings (SSSR count). The smallest absolute Gasteiger partial charge is 0.0929 e. The molecule has 1 aliphatic rings. The van der Waals surface area contributed by atoms with Crippen LogP contribution < -0.4 is 5.32 Å². The number of benzene rings is 1. The van der Waals surface area contributed by atoms with Gasteiger partial charge in [0.1, 0.15) is 0 Å². The molecule has 2 unspecified atom stereocenters. The molecule has 1 fully saturated rings. The van der Waals surface area contributed by atoms with Gasteiger partial charge in [0, 0.05) is 28.2 Å². The Morgan fingerprint density at radius 2 is 1.95 bits per heavy atom. The summed E-state index contributed by atoms with van der Waals surface area (Å²) in [6, 6.07) is 5.63. The Balaban J connectivity index is 1.87. The Morgan fingerprint density at radius 1 is 1.25 bits per heavy atom. The third kappa shape index (κ3) is 4.36. The second-order valence-electron chi connectivity index (χ2n) is 5.78. The Kier molecular flexibility index (Phi) is 6.16. The predicted molar refractivity (Wildman–Crippen MR) is 85.5 cm³/mol. The van der Waals surface area contributed by atoms with Crippen LogP contribution in [0.4, 0.5) is 0 Å². The highest BCUT2D eigenvalue weighted by molar-refractivity contribution is 6.33. The van der Waals surface area contributed by atoms with Gasteiger partial charge in [0.25, 0.3) is 0 Å². The molecule has 2 nitrogen and oxygen atoms in total. The highest BCUT2D eigenvalue weighted by atomic mass is 35.5. The zero-order valence-electron chi connectivity index (χ0n) is 11.9. The SMILES string of the molecule is CC(NCC(O)c1cc(Cl)ccc1Cl)C1CCCCC1. The highest BCUT2D eigenvalue weighted by Crippen LogP contribution is 2.28. The number of hydrogen-bond acceptors (Lipinski definition) is 2. The summed E-state index contributed by atoms with van der Waals surface area (Å²) in [6.45, 7) is 2.72. The van der Waals surface area contributed by atoms with Crippen LogP contribution in [0.1, 0.15) is 50.7 Å². The lowest BCUT2D eigenvalue weighted by Gasteiger charge is -2.29. The van der Waals surface area contributed by atoms with E-state index in [-0.39, 0.29) is 0 Å². The van der Waals surface area contributed by atoms with Gasteiger partial charge >= 0.3 is 0 Å². The van der Waals surface area contributed by atoms with Gasteiger partial charge in [-0.05, 0) is 43.9 Å². The number of halogens is 2. The molecule has 0 bridgehead atoms. The minimum atomic E-state index is -0.618. The van der Waals surface area contributed by atoms with Crippen molar-refractivity contribution in [1.29, 1.82) is 0 Å². The molecular formula is C16H23Cl2NO. The van der Waals surface area contributed by atoms with E-state index in [9.17, 15) is 5.11 Å². The van der Waals surface area contributed by atoms with E-state index in [1.807, 2.05) is 0 Å². The summed E-state index contributed by atoms with van der Waals surface area (Å²) >= 11 is 12.1. The second kappa shape index (κ2) is 7.65. The average molecular weight is 316 g/mol. The quantitative estimate of drug-likeness (QED) is 0.833. The maximum atomic E-state index is 10.3. The molecule has 112 valence electrons. The summed E-state index contributed by atoms with van der Waals surface area (Å²) in [6.07, 6.45) is 6.00. The van der Waals surface area contributed by atoms with Crippen molar-refractivity contribution in [2.75, 3.05) is 6.54 Å². The van der Waals surface area contributed by atoms with E-state index in [1.54, 1.807) is 18.2 Å². The van der Waals surface area contributed by atoms with Crippen LogP contribution in [0.25, 0.3) is 0 Å². The monoisotopic (exact) mass is 315 g/mol. The van der Waals surface area contributed by atoms with Crippen LogP contribution in [-0.4, -0.2) is 17.7 Å². The van der Waals surface area contributed by atoms with E-state index in [0.29, 0.717) is 28.2 Å². The van der Waals surface area contributed by atoms with Crippen LogP contribution >= 0.6 is 23.2 Å². The number of nitrogens with one attached hydrogen (secondary N) is 1. The minimum Gasteiger partial charge on any atom is -0.387 e. The van der Waals surface area contributed by atoms with Crippen molar-refractivity contribution < 1.29 is 5.11 Å². The molecule has 0 amide bonds. The summed E-state index contributed by atoms with van der Waals surface area (Å²) < 4.78 is 0. The summed E-state index contributed by atoms with van der Waals surface area (Å²) in [7, 11) is 0. The molecule has 1 aromatic carbocycles. The first kappa shape index (κ1) is 16.1. The van der Waals surface area contributed by atoms with Gasteiger partial charge < -0.3 is 10.4 Å². The predicted octanol–water partition coefficient (Wildman–Crippen LogP) is 4.59. The Labute approximate surface area is 131 Å². The molecule has 1 aliphatic carbocycles. The lowest BCUT2D eigenvalue weighted by Crippen LogP contribution is -2.37. The van der Waals surface area contributed by atoms with Crippen LogP contribution in [0.3, 0.4) is 0 Å². The Hall–Kier alpha value is -0.280. The first-order valence-corrected chi connectivity index (χ1v) is 8.20. The topological polar surface area (TPSA) is 32.3 Å². The molecule has 2 N–H and O–H groups in total. The lowest BCUT2D eigenvalue weighted by molar-refractivity contribution is 0.161. The van der Waals surface area contributed by atoms with E-state index in [4.69, 9.17) is 23.2 Å². The first-order valence-electron chi connectivity index (χ1n) is 7.44. The zero-order valence-corrected chi connectivity index (χ0v) is 13.4. The molecular weight excluding hydrogens is 293 g/mol. The molecule has 2 atom stereocenters. The van der Waals surface area contributed by atoms with Gasteiger partial charge in [-0.25, -0.2) is 0 Å². The van der Waals surface area contributed by atoms with Crippen LogP contribution in [0.2, 0.25) is 10.0 Å². The molecule has 1 saturated carbocycles. The van der Waals surface area contributed by atoms with Crippen LogP contribution in [0.15, 0.2) is 18.2 Å². The maximum Gasteiger partial charge on any atom is 0.0929 e. The number of rotatable bonds is 5. The Bertz CT molecular complexity index is 432. The zero-order chi connectivity index (χ0) is 14.5. The fourth-order valence-electron chi connectivity index (χ4n) is 2.98. The summed E-state index contributed by atoms with van der Waals surface area (Å²) in [5, 5.41) is 14.9. The normalized spacial score (nSPS) is 19.8. The lowest BCUT2D eigenvalue weighted by atomic mass is 9.84. The fraction of sp³-hybridized carbons (Fsp3) is 0.625. The number of hydrogen-bond donors (Lipinski definition) is 2. The van der Waals surface area contributed by atoms with Gasteiger partial charge in [-0.2, -0.15) is 0 Å². The number of aliphatic hydroxyl groups excluding tert-OH is 1. The summed E-state index contributed by atoms with van der Waals surface area (Å²) in [4.78, 5) is 0. The molecule has 20 heavy (non-hydrogen) atoms. The molecule has 0 radical (unpaired) electrons. The van der Waals surface area contributed by atoms with E-state index < -0.39 is 6.10 Å². The fourth-order valence-corrected chi connectivity index (χ4v) is 3.40. The highest BCUT2D eigenvalue weighted by Gasteiger charge is 2.21. The molecule has 0 spiro atoms. The molecule has 1 aromatic rings. The van der Waals surface area contributed by atoms with Crippen molar-refractivity contribution >= 4 is 23.2 Å². The summed E-state index contributed by atoms with van der Waals surface area (Å²) in [5.74, 6) is 0.728. The third-order valence-corrected chi connectivity index (χ3v) is 4.89. The van der Waals surface area contributed by atoms with Crippen molar-refractivity contribution in [2.24, 2.45) is 5.92 Å². The van der Waals surface area contributed by atoms with E-state index in [0.717, 1.165) is 5.92 Å². The van der Waals surface area contributed by atoms with Crippen molar-refractivity contribution in [3.8, 4) is 0 Å². The summed E-state index contributed by atoms with van der Waals surface area (Å²) in [5.41, 5.74) is 0.697. The molecule has 0 aliphatic heterocycles. The van der Waals surface area contributed by atoms with Gasteiger partial charge in [-0.15, -0.1) is 0 Å². The maximum absolute atomic E-state index is 10.3. The molecule has 0 heterocycles. The van der Waals surface area contributed by atoms with Crippen molar-refractivity contribution in [2.45, 2.75) is 51.2 Å². The standard InChI is InChI=1S/C16H23Cl2NO/c1-11(12-5-3-2-4-6-12)19-10-16(20)14-9-13(17)7-8-15(14)18/h7-9,11-12,16,19-20H,2-6,10H2,1H3. The van der Waals surface area contributed by atoms with E-state index in [1.165, 1.54) is 32.1 Å². The molecule has 4 heteroatoms. The van der Waals surface area contributed by atoms with Gasteiger partial charge in [-0.3, -0.25) is 0 Å². The molecule has 0 saturated heterocycles. The van der Waals surface area contributed by atoms with Crippen molar-refractivity contribution in [1.82, 2.24) is 5.32 Å². The van der Waals surface area contributed by atoms with E-state index in [2.05, 4.69) is 12.2 Å². The van der Waals surface area contributed by atoms with Crippen LogP contribution in [0, 0.1) is 5.92 Å². The van der Waals surface area contributed by atoms with Crippen molar-refractivity contribution in [3.63, 3.8) is 0 Å². The van der Waals surface area contributed by atoms with Gasteiger partial charge in [-0.1, -0.05) is 42.5 Å². The minimum absolute atomic E-state index is 0.433. The molecule has 0 aromatic heterocycles. The average Bonchev–Trinajstić information content (AvgIpc) is 2.47. The largest absolute Gasteiger partial charge is 0.387 e. The third-order valence-electron chi connectivity index (χ3n) is 4.31. The number of aliphatic hydroxyl groups is 1. The van der Waals surface area contributed by atoms with Crippen LogP contribution in [-0.2, 0) is 0 Å². The first-order chi connectivity index (χ1) is 9.58. The van der Waals surface area contributed by atoms with E-state index >= 15 is 0 Å². The van der Waals surface area contributed by atoms with Gasteiger partial charge in [0.2, 0.25) is 0 Å². The van der Waals surface area contributed by atoms with Gasteiger partial charge in [0.15, 0.2) is 0 Å². The van der Waals surface area contributed by atoms with Gasteiger partial charge in [0.05, 0.1) is 6.10 Å².